The minimum Gasteiger partial charge on any atom is -0.459 e. The summed E-state index contributed by atoms with van der Waals surface area (Å²) in [5, 5.41) is 0. The van der Waals surface area contributed by atoms with Crippen LogP contribution in [0.5, 0.6) is 0 Å². The van der Waals surface area contributed by atoms with Crippen molar-refractivity contribution in [3.8, 4) is 0 Å². The number of carbonyl (C=O) groups is 2. The van der Waals surface area contributed by atoms with Crippen LogP contribution in [0.4, 0.5) is 8.78 Å². The molecule has 0 heterocycles. The summed E-state index contributed by atoms with van der Waals surface area (Å²) in [6.45, 7) is 6.52. The van der Waals surface area contributed by atoms with Crippen molar-refractivity contribution in [3.63, 3.8) is 0 Å². The molecule has 1 aromatic rings. The minimum atomic E-state index is -3.10. The normalized spacial score (nSPS) is 21.6. The molecule has 5 heteroatoms. The van der Waals surface area contributed by atoms with Gasteiger partial charge < -0.3 is 4.74 Å². The second-order valence-corrected chi connectivity index (χ2v) is 6.44. The first-order valence-corrected chi connectivity index (χ1v) is 6.74. The van der Waals surface area contributed by atoms with Gasteiger partial charge in [0.05, 0.1) is 0 Å². The molecule has 1 aliphatic carbocycles. The lowest BCUT2D eigenvalue weighted by molar-refractivity contribution is -0.171. The summed E-state index contributed by atoms with van der Waals surface area (Å²) in [6.07, 6.45) is -3.42. The number of hydrogen-bond donors (Lipinski definition) is 0. The van der Waals surface area contributed by atoms with Crippen LogP contribution in [0.2, 0.25) is 0 Å². The van der Waals surface area contributed by atoms with Crippen LogP contribution < -0.4 is 0 Å². The molecule has 1 aromatic carbocycles. The molecule has 0 N–H and O–H groups in total. The predicted octanol–water partition coefficient (Wildman–Crippen LogP) is 3.33. The Labute approximate surface area is 122 Å². The standard InChI is InChI=1S/C16H18F2O3/c1-9-5-6-10-8-16(13(17)18,12(19)11(10)7-9)14(20)21-15(2,3)4/h5-7,13H,8H2,1-4H3. The Morgan fingerprint density at radius 3 is 2.48 bits per heavy atom. The number of ketones is 1. The van der Waals surface area contributed by atoms with Crippen LogP contribution in [0.15, 0.2) is 18.2 Å². The number of aryl methyl sites for hydroxylation is 1. The molecular formula is C16H18F2O3. The molecule has 3 nitrogen and oxygen atoms in total. The molecule has 0 aliphatic heterocycles. The second kappa shape index (κ2) is 4.90. The third-order valence-electron chi connectivity index (χ3n) is 3.52. The van der Waals surface area contributed by atoms with E-state index in [1.807, 2.05) is 0 Å². The Hall–Kier alpha value is -1.78. The smallest absolute Gasteiger partial charge is 0.326 e. The number of ether oxygens (including phenoxy) is 1. The van der Waals surface area contributed by atoms with Crippen LogP contribution >= 0.6 is 0 Å². The highest BCUT2D eigenvalue weighted by molar-refractivity contribution is 6.16. The first kappa shape index (κ1) is 15.6. The minimum absolute atomic E-state index is 0.196. The molecule has 0 spiro atoms. The number of rotatable bonds is 2. The maximum atomic E-state index is 13.6. The molecule has 0 radical (unpaired) electrons. The molecule has 0 saturated heterocycles. The van der Waals surface area contributed by atoms with E-state index in [-0.39, 0.29) is 12.0 Å². The van der Waals surface area contributed by atoms with Crippen molar-refractivity contribution in [3.05, 3.63) is 34.9 Å². The molecule has 0 amide bonds. The first-order valence-electron chi connectivity index (χ1n) is 6.74. The summed E-state index contributed by atoms with van der Waals surface area (Å²) in [4.78, 5) is 24.7. The van der Waals surface area contributed by atoms with Crippen molar-refractivity contribution in [2.75, 3.05) is 0 Å². The van der Waals surface area contributed by atoms with E-state index in [4.69, 9.17) is 4.74 Å². The van der Waals surface area contributed by atoms with E-state index < -0.39 is 29.2 Å². The molecule has 114 valence electrons. The number of fused-ring (bicyclic) bond motifs is 1. The van der Waals surface area contributed by atoms with Gasteiger partial charge in [-0.25, -0.2) is 8.78 Å². The molecule has 1 unspecified atom stereocenters. The van der Waals surface area contributed by atoms with E-state index in [9.17, 15) is 18.4 Å². The topological polar surface area (TPSA) is 43.4 Å². The molecule has 0 fully saturated rings. The van der Waals surface area contributed by atoms with Gasteiger partial charge in [-0.05, 0) is 39.3 Å². The number of benzene rings is 1. The van der Waals surface area contributed by atoms with Gasteiger partial charge in [0.15, 0.2) is 11.2 Å². The largest absolute Gasteiger partial charge is 0.459 e. The van der Waals surface area contributed by atoms with Gasteiger partial charge in [0, 0.05) is 12.0 Å². The summed E-state index contributed by atoms with van der Waals surface area (Å²) in [5.74, 6) is -1.99. The lowest BCUT2D eigenvalue weighted by Gasteiger charge is -2.29. The van der Waals surface area contributed by atoms with Gasteiger partial charge in [-0.1, -0.05) is 17.7 Å². The average molecular weight is 296 g/mol. The van der Waals surface area contributed by atoms with Gasteiger partial charge in [-0.15, -0.1) is 0 Å². The van der Waals surface area contributed by atoms with Crippen LogP contribution in [0.3, 0.4) is 0 Å². The Kier molecular flexibility index (Phi) is 3.64. The number of hydrogen-bond acceptors (Lipinski definition) is 3. The Bertz CT molecular complexity index is 602. The zero-order valence-corrected chi connectivity index (χ0v) is 12.5. The average Bonchev–Trinajstić information content (AvgIpc) is 2.62. The lowest BCUT2D eigenvalue weighted by Crippen LogP contribution is -2.47. The fourth-order valence-electron chi connectivity index (χ4n) is 2.48. The van der Waals surface area contributed by atoms with Crippen LogP contribution in [0.25, 0.3) is 0 Å². The quantitative estimate of drug-likeness (QED) is 0.621. The third-order valence-corrected chi connectivity index (χ3v) is 3.52. The van der Waals surface area contributed by atoms with Crippen molar-refractivity contribution in [2.45, 2.75) is 46.1 Å². The monoisotopic (exact) mass is 296 g/mol. The Morgan fingerprint density at radius 2 is 1.95 bits per heavy atom. The van der Waals surface area contributed by atoms with Gasteiger partial charge >= 0.3 is 5.97 Å². The molecule has 1 atom stereocenters. The third kappa shape index (κ3) is 2.57. The maximum Gasteiger partial charge on any atom is 0.326 e. The van der Waals surface area contributed by atoms with E-state index in [1.54, 1.807) is 45.9 Å². The van der Waals surface area contributed by atoms with Gasteiger partial charge in [0.1, 0.15) is 5.60 Å². The van der Waals surface area contributed by atoms with E-state index >= 15 is 0 Å². The predicted molar refractivity (Wildman–Crippen MR) is 73.5 cm³/mol. The molecular weight excluding hydrogens is 278 g/mol. The fourth-order valence-corrected chi connectivity index (χ4v) is 2.48. The second-order valence-electron chi connectivity index (χ2n) is 6.44. The highest BCUT2D eigenvalue weighted by Gasteiger charge is 2.60. The summed E-state index contributed by atoms with van der Waals surface area (Å²) in [5.41, 5.74) is -1.89. The fraction of sp³-hybridized carbons (Fsp3) is 0.500. The summed E-state index contributed by atoms with van der Waals surface area (Å²) < 4.78 is 32.3. The Balaban J connectivity index is 2.48. The van der Waals surface area contributed by atoms with Crippen molar-refractivity contribution in [1.82, 2.24) is 0 Å². The van der Waals surface area contributed by atoms with E-state index in [2.05, 4.69) is 0 Å². The molecule has 2 rings (SSSR count). The number of carbonyl (C=O) groups excluding carboxylic acids is 2. The summed E-state index contributed by atoms with van der Waals surface area (Å²) in [6, 6.07) is 4.91. The van der Waals surface area contributed by atoms with Gasteiger partial charge in [-0.2, -0.15) is 0 Å². The van der Waals surface area contributed by atoms with Crippen molar-refractivity contribution < 1.29 is 23.1 Å². The summed E-state index contributed by atoms with van der Waals surface area (Å²) in [7, 11) is 0. The molecule has 21 heavy (non-hydrogen) atoms. The zero-order chi connectivity index (χ0) is 16.0. The van der Waals surface area contributed by atoms with Crippen molar-refractivity contribution in [2.24, 2.45) is 5.41 Å². The Morgan fingerprint density at radius 1 is 1.33 bits per heavy atom. The van der Waals surface area contributed by atoms with Gasteiger partial charge in [0.2, 0.25) is 0 Å². The van der Waals surface area contributed by atoms with Crippen LogP contribution in [0.1, 0.15) is 42.3 Å². The van der Waals surface area contributed by atoms with Crippen molar-refractivity contribution in [1.29, 1.82) is 0 Å². The van der Waals surface area contributed by atoms with E-state index in [1.165, 1.54) is 0 Å². The number of esters is 1. The van der Waals surface area contributed by atoms with Crippen LogP contribution in [-0.2, 0) is 16.0 Å². The van der Waals surface area contributed by atoms with E-state index in [0.717, 1.165) is 5.56 Å². The number of Topliss-reactive ketones (excluding diaryl/α,β-unsaturated/α-hetero) is 1. The SMILES string of the molecule is Cc1ccc2c(c1)C(=O)C(C(=O)OC(C)(C)C)(C(F)F)C2. The highest BCUT2D eigenvalue weighted by atomic mass is 19.3. The van der Waals surface area contributed by atoms with Crippen molar-refractivity contribution >= 4 is 11.8 Å². The van der Waals surface area contributed by atoms with Crippen LogP contribution in [-0.4, -0.2) is 23.8 Å². The lowest BCUT2D eigenvalue weighted by atomic mass is 9.84. The molecule has 0 saturated carbocycles. The molecule has 0 bridgehead atoms. The number of alkyl halides is 2. The van der Waals surface area contributed by atoms with Crippen LogP contribution in [0, 0.1) is 12.3 Å². The maximum absolute atomic E-state index is 13.6. The first-order chi connectivity index (χ1) is 9.58. The molecule has 0 aromatic heterocycles. The highest BCUT2D eigenvalue weighted by Crippen LogP contribution is 2.43. The van der Waals surface area contributed by atoms with Gasteiger partial charge in [-0.3, -0.25) is 9.59 Å². The van der Waals surface area contributed by atoms with Gasteiger partial charge in [0.25, 0.3) is 6.43 Å². The number of halogens is 2. The molecule has 1 aliphatic rings. The van der Waals surface area contributed by atoms with E-state index in [0.29, 0.717) is 5.56 Å². The zero-order valence-electron chi connectivity index (χ0n) is 12.5. The summed E-state index contributed by atoms with van der Waals surface area (Å²) >= 11 is 0.